The Morgan fingerprint density at radius 2 is 1.68 bits per heavy atom. The van der Waals surface area contributed by atoms with Crippen LogP contribution < -0.4 is 0 Å². The third-order valence-corrected chi connectivity index (χ3v) is 3.60. The molecule has 0 N–H and O–H groups in total. The minimum atomic E-state index is 0.650. The Hall–Kier alpha value is -2.47. The van der Waals surface area contributed by atoms with Gasteiger partial charge in [-0.2, -0.15) is 5.26 Å². The van der Waals surface area contributed by atoms with Gasteiger partial charge >= 0.3 is 0 Å². The molecule has 2 aromatic rings. The quantitative estimate of drug-likeness (QED) is 0.523. The fraction of sp³-hybridized carbons (Fsp3) is 0.316. The smallest absolute Gasteiger partial charge is 0.159 e. The number of aryl methyl sites for hydroxylation is 1. The summed E-state index contributed by atoms with van der Waals surface area (Å²) >= 11 is 0. The first-order chi connectivity index (χ1) is 10.8. The van der Waals surface area contributed by atoms with Crippen molar-refractivity contribution in [3.8, 4) is 17.5 Å². The normalized spacial score (nSPS) is 10.1. The van der Waals surface area contributed by atoms with Gasteiger partial charge in [0.2, 0.25) is 0 Å². The number of unbranched alkanes of at least 4 members (excludes halogenated alkanes) is 4. The van der Waals surface area contributed by atoms with Gasteiger partial charge in [-0.3, -0.25) is 0 Å². The number of hydrogen-bond acceptors (Lipinski definition) is 3. The maximum absolute atomic E-state index is 8.80. The van der Waals surface area contributed by atoms with Crippen LogP contribution in [0.5, 0.6) is 0 Å². The highest BCUT2D eigenvalue weighted by Crippen LogP contribution is 2.16. The number of aromatic nitrogens is 2. The van der Waals surface area contributed by atoms with Crippen LogP contribution in [0.25, 0.3) is 11.4 Å². The van der Waals surface area contributed by atoms with E-state index < -0.39 is 0 Å². The summed E-state index contributed by atoms with van der Waals surface area (Å²) in [5.41, 5.74) is 2.77. The van der Waals surface area contributed by atoms with Crippen LogP contribution in [-0.4, -0.2) is 9.97 Å². The molecule has 1 aromatic carbocycles. The second-order valence-corrected chi connectivity index (χ2v) is 5.35. The largest absolute Gasteiger partial charge is 0.236 e. The monoisotopic (exact) mass is 291 g/mol. The lowest BCUT2D eigenvalue weighted by atomic mass is 10.1. The van der Waals surface area contributed by atoms with Crippen molar-refractivity contribution in [3.63, 3.8) is 0 Å². The van der Waals surface area contributed by atoms with E-state index in [1.807, 2.05) is 30.6 Å². The zero-order valence-corrected chi connectivity index (χ0v) is 12.8. The number of hydrogen-bond donors (Lipinski definition) is 0. The van der Waals surface area contributed by atoms with E-state index in [2.05, 4.69) is 22.6 Å². The van der Waals surface area contributed by atoms with Gasteiger partial charge in [-0.05, 0) is 55.5 Å². The molecule has 22 heavy (non-hydrogen) atoms. The topological polar surface area (TPSA) is 49.6 Å². The summed E-state index contributed by atoms with van der Waals surface area (Å²) < 4.78 is 0. The van der Waals surface area contributed by atoms with E-state index in [1.165, 1.54) is 31.2 Å². The minimum Gasteiger partial charge on any atom is -0.236 e. The lowest BCUT2D eigenvalue weighted by Gasteiger charge is -2.03. The highest BCUT2D eigenvalue weighted by atomic mass is 14.9. The number of nitrogens with zero attached hydrogens (tertiary/aromatic N) is 3. The molecule has 0 aliphatic rings. The van der Waals surface area contributed by atoms with Crippen molar-refractivity contribution < 1.29 is 0 Å². The predicted octanol–water partition coefficient (Wildman–Crippen LogP) is 4.69. The Kier molecular flexibility index (Phi) is 6.32. The molecule has 2 rings (SSSR count). The molecule has 0 bridgehead atoms. The molecule has 0 unspecified atom stereocenters. The maximum Gasteiger partial charge on any atom is 0.159 e. The maximum atomic E-state index is 8.80. The summed E-state index contributed by atoms with van der Waals surface area (Å²) in [4.78, 5) is 8.85. The molecule has 1 heterocycles. The van der Waals surface area contributed by atoms with E-state index in [4.69, 9.17) is 5.26 Å². The predicted molar refractivity (Wildman–Crippen MR) is 89.2 cm³/mol. The van der Waals surface area contributed by atoms with Gasteiger partial charge in [0, 0.05) is 18.0 Å². The van der Waals surface area contributed by atoms with Gasteiger partial charge in [0.1, 0.15) is 0 Å². The molecular weight excluding hydrogens is 270 g/mol. The summed E-state index contributed by atoms with van der Waals surface area (Å²) in [5, 5.41) is 8.80. The third-order valence-electron chi connectivity index (χ3n) is 3.60. The fourth-order valence-electron chi connectivity index (χ4n) is 2.30. The molecule has 112 valence electrons. The van der Waals surface area contributed by atoms with E-state index in [0.717, 1.165) is 18.4 Å². The van der Waals surface area contributed by atoms with Crippen molar-refractivity contribution in [2.45, 2.75) is 38.5 Å². The number of nitriles is 1. The van der Waals surface area contributed by atoms with Gasteiger partial charge in [-0.15, -0.1) is 6.58 Å². The van der Waals surface area contributed by atoms with Crippen LogP contribution in [0.1, 0.15) is 43.2 Å². The lowest BCUT2D eigenvalue weighted by Crippen LogP contribution is -1.93. The average molecular weight is 291 g/mol. The van der Waals surface area contributed by atoms with E-state index in [9.17, 15) is 0 Å². The molecule has 0 atom stereocenters. The molecular formula is C19H21N3. The van der Waals surface area contributed by atoms with Gasteiger partial charge in [-0.1, -0.05) is 18.9 Å². The first kappa shape index (κ1) is 15.9. The third kappa shape index (κ3) is 4.82. The molecule has 0 amide bonds. The standard InChI is InChI=1S/C19H21N3/c1-2-3-4-5-6-7-8-17-14-21-19(22-15-17)18-11-9-16(13-20)10-12-18/h2,9-12,14-15H,1,3-8H2. The van der Waals surface area contributed by atoms with Crippen LogP contribution in [-0.2, 0) is 6.42 Å². The van der Waals surface area contributed by atoms with Crippen LogP contribution in [0.15, 0.2) is 49.3 Å². The molecule has 3 heteroatoms. The first-order valence-corrected chi connectivity index (χ1v) is 7.76. The van der Waals surface area contributed by atoms with Crippen molar-refractivity contribution in [1.82, 2.24) is 9.97 Å². The summed E-state index contributed by atoms with van der Waals surface area (Å²) in [5.74, 6) is 0.708. The van der Waals surface area contributed by atoms with Gasteiger partial charge < -0.3 is 0 Å². The SMILES string of the molecule is C=CCCCCCCc1cnc(-c2ccc(C#N)cc2)nc1. The first-order valence-electron chi connectivity index (χ1n) is 7.76. The molecule has 0 spiro atoms. The molecule has 0 radical (unpaired) electrons. The van der Waals surface area contributed by atoms with Crippen LogP contribution >= 0.6 is 0 Å². The van der Waals surface area contributed by atoms with E-state index >= 15 is 0 Å². The van der Waals surface area contributed by atoms with Crippen molar-refractivity contribution in [1.29, 1.82) is 5.26 Å². The van der Waals surface area contributed by atoms with Crippen molar-refractivity contribution in [2.24, 2.45) is 0 Å². The average Bonchev–Trinajstić information content (AvgIpc) is 2.59. The molecule has 0 saturated carbocycles. The van der Waals surface area contributed by atoms with E-state index in [1.54, 1.807) is 12.1 Å². The molecule has 0 saturated heterocycles. The van der Waals surface area contributed by atoms with Crippen molar-refractivity contribution >= 4 is 0 Å². The Bertz CT molecular complexity index is 621. The molecule has 1 aromatic heterocycles. The Balaban J connectivity index is 1.84. The Morgan fingerprint density at radius 1 is 1.00 bits per heavy atom. The van der Waals surface area contributed by atoms with Gasteiger partial charge in [0.05, 0.1) is 11.6 Å². The summed E-state index contributed by atoms with van der Waals surface area (Å²) in [6.45, 7) is 3.74. The highest BCUT2D eigenvalue weighted by Gasteiger charge is 2.02. The summed E-state index contributed by atoms with van der Waals surface area (Å²) in [6.07, 6.45) is 12.9. The highest BCUT2D eigenvalue weighted by molar-refractivity contribution is 5.56. The van der Waals surface area contributed by atoms with Crippen LogP contribution in [0.4, 0.5) is 0 Å². The molecule has 3 nitrogen and oxygen atoms in total. The molecule has 0 fully saturated rings. The van der Waals surface area contributed by atoms with Gasteiger partial charge in [-0.25, -0.2) is 9.97 Å². The molecule has 0 aliphatic carbocycles. The number of allylic oxidation sites excluding steroid dienone is 1. The second kappa shape index (κ2) is 8.74. The Morgan fingerprint density at radius 3 is 2.32 bits per heavy atom. The van der Waals surface area contributed by atoms with E-state index in [-0.39, 0.29) is 0 Å². The minimum absolute atomic E-state index is 0.650. The van der Waals surface area contributed by atoms with Crippen LogP contribution in [0, 0.1) is 11.3 Å². The number of rotatable bonds is 8. The van der Waals surface area contributed by atoms with E-state index in [0.29, 0.717) is 11.4 Å². The second-order valence-electron chi connectivity index (χ2n) is 5.35. The van der Waals surface area contributed by atoms with Crippen LogP contribution in [0.3, 0.4) is 0 Å². The zero-order chi connectivity index (χ0) is 15.6. The Labute approximate surface area is 132 Å². The van der Waals surface area contributed by atoms with Crippen LogP contribution in [0.2, 0.25) is 0 Å². The van der Waals surface area contributed by atoms with Crippen molar-refractivity contribution in [3.05, 3.63) is 60.4 Å². The van der Waals surface area contributed by atoms with Gasteiger partial charge in [0.25, 0.3) is 0 Å². The zero-order valence-electron chi connectivity index (χ0n) is 12.8. The summed E-state index contributed by atoms with van der Waals surface area (Å²) in [6, 6.07) is 9.45. The molecule has 0 aliphatic heterocycles. The van der Waals surface area contributed by atoms with Gasteiger partial charge in [0.15, 0.2) is 5.82 Å². The lowest BCUT2D eigenvalue weighted by molar-refractivity contribution is 0.645. The summed E-state index contributed by atoms with van der Waals surface area (Å²) in [7, 11) is 0. The number of benzene rings is 1. The fourth-order valence-corrected chi connectivity index (χ4v) is 2.30. The van der Waals surface area contributed by atoms with Crippen molar-refractivity contribution in [2.75, 3.05) is 0 Å².